The first-order valence-corrected chi connectivity index (χ1v) is 11.2. The number of alkyl halides is 3. The Morgan fingerprint density at radius 2 is 1.69 bits per heavy atom. The van der Waals surface area contributed by atoms with Crippen LogP contribution in [0.3, 0.4) is 0 Å². The van der Waals surface area contributed by atoms with Gasteiger partial charge in [0.1, 0.15) is 18.1 Å². The van der Waals surface area contributed by atoms with Crippen molar-refractivity contribution in [2.24, 2.45) is 0 Å². The number of nitrogens with one attached hydrogen (secondary N) is 1. The van der Waals surface area contributed by atoms with Crippen LogP contribution in [0.2, 0.25) is 0 Å². The van der Waals surface area contributed by atoms with Gasteiger partial charge in [0, 0.05) is 61.9 Å². The lowest BCUT2D eigenvalue weighted by Gasteiger charge is -2.37. The second-order valence-electron chi connectivity index (χ2n) is 8.32. The molecule has 0 radical (unpaired) electrons. The molecule has 1 N–H and O–H groups in total. The Hall–Kier alpha value is -3.82. The monoisotopic (exact) mass is 484 g/mol. The highest BCUT2D eigenvalue weighted by Gasteiger charge is 2.32. The van der Waals surface area contributed by atoms with Crippen molar-refractivity contribution >= 4 is 11.5 Å². The first kappa shape index (κ1) is 24.3. The van der Waals surface area contributed by atoms with E-state index >= 15 is 0 Å². The molecule has 0 unspecified atom stereocenters. The molecule has 1 saturated heterocycles. The SMILES string of the molecule is C=C(C)N1CCN(c2ccc(CNc3ccc(OCc4ccc(C(F)(F)F)nc4)nn3)cc2)CC1. The van der Waals surface area contributed by atoms with Crippen molar-refractivity contribution < 1.29 is 17.9 Å². The summed E-state index contributed by atoms with van der Waals surface area (Å²) in [6, 6.07) is 14.1. The van der Waals surface area contributed by atoms with Crippen molar-refractivity contribution in [3.8, 4) is 5.88 Å². The maximum absolute atomic E-state index is 12.6. The molecule has 0 saturated carbocycles. The molecule has 2 aromatic heterocycles. The highest BCUT2D eigenvalue weighted by atomic mass is 19.4. The molecule has 1 fully saturated rings. The zero-order chi connectivity index (χ0) is 24.8. The Labute approximate surface area is 202 Å². The number of allylic oxidation sites excluding steroid dienone is 1. The average Bonchev–Trinajstić information content (AvgIpc) is 2.87. The highest BCUT2D eigenvalue weighted by Crippen LogP contribution is 2.27. The van der Waals surface area contributed by atoms with Gasteiger partial charge in [0.05, 0.1) is 0 Å². The van der Waals surface area contributed by atoms with Crippen LogP contribution in [0, 0.1) is 0 Å². The van der Waals surface area contributed by atoms with Gasteiger partial charge in [0.2, 0.25) is 5.88 Å². The number of benzene rings is 1. The second-order valence-corrected chi connectivity index (χ2v) is 8.32. The lowest BCUT2D eigenvalue weighted by molar-refractivity contribution is -0.141. The van der Waals surface area contributed by atoms with Crippen molar-refractivity contribution in [1.29, 1.82) is 0 Å². The Morgan fingerprint density at radius 3 is 2.26 bits per heavy atom. The third-order valence-corrected chi connectivity index (χ3v) is 5.74. The number of pyridine rings is 1. The van der Waals surface area contributed by atoms with Gasteiger partial charge >= 0.3 is 6.18 Å². The van der Waals surface area contributed by atoms with E-state index in [0.717, 1.165) is 49.7 Å². The maximum atomic E-state index is 12.6. The predicted octanol–water partition coefficient (Wildman–Crippen LogP) is 4.74. The van der Waals surface area contributed by atoms with Crippen LogP contribution in [0.4, 0.5) is 24.7 Å². The number of hydrogen-bond acceptors (Lipinski definition) is 7. The van der Waals surface area contributed by atoms with E-state index in [2.05, 4.69) is 61.1 Å². The van der Waals surface area contributed by atoms with Crippen molar-refractivity contribution in [3.05, 3.63) is 83.8 Å². The van der Waals surface area contributed by atoms with Gasteiger partial charge in [-0.25, -0.2) is 0 Å². The molecule has 35 heavy (non-hydrogen) atoms. The fraction of sp³-hybridized carbons (Fsp3) is 0.320. The van der Waals surface area contributed by atoms with E-state index in [4.69, 9.17) is 4.74 Å². The summed E-state index contributed by atoms with van der Waals surface area (Å²) in [6.07, 6.45) is -3.32. The Morgan fingerprint density at radius 1 is 0.971 bits per heavy atom. The van der Waals surface area contributed by atoms with Crippen LogP contribution >= 0.6 is 0 Å². The smallest absolute Gasteiger partial charge is 0.433 e. The normalized spacial score (nSPS) is 14.1. The summed E-state index contributed by atoms with van der Waals surface area (Å²) in [5.74, 6) is 0.861. The minimum Gasteiger partial charge on any atom is -0.472 e. The molecule has 1 aromatic carbocycles. The third kappa shape index (κ3) is 6.62. The average molecular weight is 485 g/mol. The molecule has 0 spiro atoms. The molecule has 4 rings (SSSR count). The predicted molar refractivity (Wildman–Crippen MR) is 128 cm³/mol. The molecule has 0 amide bonds. The van der Waals surface area contributed by atoms with Gasteiger partial charge in [-0.3, -0.25) is 4.98 Å². The summed E-state index contributed by atoms with van der Waals surface area (Å²) in [5, 5.41) is 11.3. The Kier molecular flexibility index (Phi) is 7.38. The Balaban J connectivity index is 1.23. The van der Waals surface area contributed by atoms with Crippen molar-refractivity contribution in [1.82, 2.24) is 20.1 Å². The largest absolute Gasteiger partial charge is 0.472 e. The highest BCUT2D eigenvalue weighted by molar-refractivity contribution is 5.48. The van der Waals surface area contributed by atoms with Crippen molar-refractivity contribution in [2.75, 3.05) is 36.4 Å². The number of nitrogens with zero attached hydrogens (tertiary/aromatic N) is 5. The fourth-order valence-electron chi connectivity index (χ4n) is 3.69. The molecule has 0 atom stereocenters. The van der Waals surface area contributed by atoms with Gasteiger partial charge in [-0.15, -0.1) is 10.2 Å². The van der Waals surface area contributed by atoms with Crippen LogP contribution in [0.5, 0.6) is 5.88 Å². The van der Waals surface area contributed by atoms with Crippen molar-refractivity contribution in [3.63, 3.8) is 0 Å². The minimum absolute atomic E-state index is 0.0428. The van der Waals surface area contributed by atoms with Gasteiger partial charge in [0.25, 0.3) is 0 Å². The van der Waals surface area contributed by atoms with E-state index in [9.17, 15) is 13.2 Å². The molecule has 3 heterocycles. The maximum Gasteiger partial charge on any atom is 0.433 e. The molecular weight excluding hydrogens is 457 g/mol. The van der Waals surface area contributed by atoms with E-state index < -0.39 is 11.9 Å². The van der Waals surface area contributed by atoms with Crippen LogP contribution in [-0.4, -0.2) is 46.3 Å². The molecule has 0 bridgehead atoms. The standard InChI is InChI=1S/C25H27F3N6O/c1-18(2)33-11-13-34(14-12-33)21-6-3-19(4-7-21)15-30-23-9-10-24(32-31-23)35-17-20-5-8-22(29-16-20)25(26,27)28/h3-10,16H,1,11-15,17H2,2H3,(H,30,31). The molecule has 184 valence electrons. The number of anilines is 2. The number of ether oxygens (including phenoxy) is 1. The van der Waals surface area contributed by atoms with Crippen LogP contribution in [0.1, 0.15) is 23.7 Å². The van der Waals surface area contributed by atoms with Gasteiger partial charge < -0.3 is 19.9 Å². The summed E-state index contributed by atoms with van der Waals surface area (Å²) in [6.45, 7) is 10.6. The molecule has 7 nitrogen and oxygen atoms in total. The summed E-state index contributed by atoms with van der Waals surface area (Å²) >= 11 is 0. The summed E-state index contributed by atoms with van der Waals surface area (Å²) < 4.78 is 43.2. The van der Waals surface area contributed by atoms with Crippen LogP contribution in [0.25, 0.3) is 0 Å². The Bertz CT molecular complexity index is 1110. The minimum atomic E-state index is -4.46. The zero-order valence-corrected chi connectivity index (χ0v) is 19.4. The lowest BCUT2D eigenvalue weighted by atomic mass is 10.1. The van der Waals surface area contributed by atoms with Gasteiger partial charge in [-0.05, 0) is 36.8 Å². The van der Waals surface area contributed by atoms with E-state index in [1.807, 2.05) is 6.92 Å². The number of aromatic nitrogens is 3. The lowest BCUT2D eigenvalue weighted by Crippen LogP contribution is -2.45. The molecule has 10 heteroatoms. The quantitative estimate of drug-likeness (QED) is 0.496. The van der Waals surface area contributed by atoms with Crippen molar-refractivity contribution in [2.45, 2.75) is 26.3 Å². The number of hydrogen-bond donors (Lipinski definition) is 1. The van der Waals surface area contributed by atoms with E-state index in [1.54, 1.807) is 12.1 Å². The van der Waals surface area contributed by atoms with Gasteiger partial charge in [0.15, 0.2) is 0 Å². The topological polar surface area (TPSA) is 66.4 Å². The van der Waals surface area contributed by atoms with Gasteiger partial charge in [-0.1, -0.05) is 24.8 Å². The van der Waals surface area contributed by atoms with Crippen LogP contribution < -0.4 is 15.0 Å². The molecule has 0 aliphatic carbocycles. The first-order valence-electron chi connectivity index (χ1n) is 11.2. The van der Waals surface area contributed by atoms with E-state index in [0.29, 0.717) is 17.9 Å². The summed E-state index contributed by atoms with van der Waals surface area (Å²) in [5.41, 5.74) is 3.01. The number of halogens is 3. The zero-order valence-electron chi connectivity index (χ0n) is 19.4. The molecule has 1 aliphatic heterocycles. The van der Waals surface area contributed by atoms with E-state index in [-0.39, 0.29) is 12.5 Å². The fourth-order valence-corrected chi connectivity index (χ4v) is 3.69. The van der Waals surface area contributed by atoms with E-state index in [1.165, 1.54) is 11.8 Å². The summed E-state index contributed by atoms with van der Waals surface area (Å²) in [7, 11) is 0. The second kappa shape index (κ2) is 10.6. The van der Waals surface area contributed by atoms with Crippen LogP contribution in [0.15, 0.2) is 67.0 Å². The first-order chi connectivity index (χ1) is 16.8. The number of piperazine rings is 1. The number of rotatable bonds is 8. The van der Waals surface area contributed by atoms with Crippen LogP contribution in [-0.2, 0) is 19.3 Å². The third-order valence-electron chi connectivity index (χ3n) is 5.74. The molecular formula is C25H27F3N6O. The summed E-state index contributed by atoms with van der Waals surface area (Å²) in [4.78, 5) is 8.09. The van der Waals surface area contributed by atoms with Gasteiger partial charge in [-0.2, -0.15) is 13.2 Å². The molecule has 3 aromatic rings. The molecule has 1 aliphatic rings.